The molecule has 2 aliphatic carbocycles. The third kappa shape index (κ3) is 7.53. The molecule has 1 saturated heterocycles. The highest BCUT2D eigenvalue weighted by molar-refractivity contribution is 6.06. The summed E-state index contributed by atoms with van der Waals surface area (Å²) < 4.78 is 0. The van der Waals surface area contributed by atoms with Gasteiger partial charge in [0, 0.05) is 55.3 Å². The second-order valence-electron chi connectivity index (χ2n) is 12.9. The summed E-state index contributed by atoms with van der Waals surface area (Å²) in [5, 5.41) is 14.2. The van der Waals surface area contributed by atoms with Crippen LogP contribution in [0.25, 0.3) is 11.1 Å². The van der Waals surface area contributed by atoms with Crippen molar-refractivity contribution >= 4 is 28.9 Å². The third-order valence-electron chi connectivity index (χ3n) is 9.54. The van der Waals surface area contributed by atoms with Crippen molar-refractivity contribution in [2.45, 2.75) is 82.8 Å². The van der Waals surface area contributed by atoms with Crippen LogP contribution in [0.4, 0.5) is 17.1 Å². The van der Waals surface area contributed by atoms with Crippen LogP contribution in [0.2, 0.25) is 0 Å². The number of anilines is 2. The van der Waals surface area contributed by atoms with Crippen molar-refractivity contribution in [3.05, 3.63) is 88.0 Å². The zero-order valence-electron chi connectivity index (χ0n) is 25.8. The van der Waals surface area contributed by atoms with Gasteiger partial charge in [-0.3, -0.25) is 19.7 Å². The van der Waals surface area contributed by atoms with Gasteiger partial charge in [-0.15, -0.1) is 0 Å². The first-order valence-electron chi connectivity index (χ1n) is 16.5. The molecule has 0 aromatic heterocycles. The van der Waals surface area contributed by atoms with Crippen molar-refractivity contribution < 1.29 is 14.5 Å². The van der Waals surface area contributed by atoms with Crippen molar-refractivity contribution in [3.8, 4) is 11.1 Å². The summed E-state index contributed by atoms with van der Waals surface area (Å²) >= 11 is 0. The summed E-state index contributed by atoms with van der Waals surface area (Å²) in [7, 11) is 0. The lowest BCUT2D eigenvalue weighted by Crippen LogP contribution is -2.44. The first-order valence-corrected chi connectivity index (χ1v) is 16.5. The summed E-state index contributed by atoms with van der Waals surface area (Å²) in [5.74, 6) is 0.129. The van der Waals surface area contributed by atoms with Gasteiger partial charge in [-0.1, -0.05) is 37.1 Å². The number of nitrogens with two attached hydrogens (primary N) is 1. The van der Waals surface area contributed by atoms with E-state index in [2.05, 4.69) is 45.4 Å². The highest BCUT2D eigenvalue weighted by Gasteiger charge is 2.37. The standard InChI is InChI=1S/C36H43N5O4/c37-30-13-17-31(18-14-30)40(36(43)27-8-9-27)24-25-6-5-7-28(22-25)29-12-19-34(39-20-3-1-2-4-21-39)33(23-29)38-35(42)26-10-15-32(16-11-26)41(44)45/h5-7,10-12,15-16,19,22-23,27,30-31H,1-4,8-9,13-14,17-18,20-21,24,37H2,(H,38,42). The second kappa shape index (κ2) is 13.8. The lowest BCUT2D eigenvalue weighted by Gasteiger charge is -2.36. The lowest BCUT2D eigenvalue weighted by molar-refractivity contribution is -0.384. The number of nitrogens with zero attached hydrogens (tertiary/aromatic N) is 3. The van der Waals surface area contributed by atoms with E-state index in [1.54, 1.807) is 0 Å². The molecule has 6 rings (SSSR count). The summed E-state index contributed by atoms with van der Waals surface area (Å²) in [6, 6.07) is 20.7. The van der Waals surface area contributed by atoms with Gasteiger partial charge < -0.3 is 20.9 Å². The van der Waals surface area contributed by atoms with E-state index in [9.17, 15) is 19.7 Å². The van der Waals surface area contributed by atoms with Crippen LogP contribution in [0.3, 0.4) is 0 Å². The Balaban J connectivity index is 1.27. The maximum atomic E-state index is 13.4. The van der Waals surface area contributed by atoms with Gasteiger partial charge in [0.15, 0.2) is 0 Å². The van der Waals surface area contributed by atoms with Crippen LogP contribution in [0.15, 0.2) is 66.7 Å². The van der Waals surface area contributed by atoms with Crippen LogP contribution in [0.1, 0.15) is 80.1 Å². The van der Waals surface area contributed by atoms with Gasteiger partial charge in [0.05, 0.1) is 16.3 Å². The number of rotatable bonds is 9. The maximum absolute atomic E-state index is 13.4. The van der Waals surface area contributed by atoms with Gasteiger partial charge in [0.1, 0.15) is 0 Å². The first kappa shape index (κ1) is 30.8. The number of amides is 2. The van der Waals surface area contributed by atoms with Crippen LogP contribution in [-0.4, -0.2) is 46.8 Å². The monoisotopic (exact) mass is 609 g/mol. The normalized spacial score (nSPS) is 20.2. The third-order valence-corrected chi connectivity index (χ3v) is 9.54. The van der Waals surface area contributed by atoms with E-state index in [1.807, 2.05) is 12.1 Å². The van der Waals surface area contributed by atoms with Crippen LogP contribution in [0, 0.1) is 16.0 Å². The molecule has 2 saturated carbocycles. The number of benzene rings is 3. The summed E-state index contributed by atoms with van der Waals surface area (Å²) in [4.78, 5) is 41.9. The molecular formula is C36H43N5O4. The molecule has 1 heterocycles. The Bertz CT molecular complexity index is 1520. The minimum absolute atomic E-state index is 0.0526. The van der Waals surface area contributed by atoms with Gasteiger partial charge in [-0.25, -0.2) is 0 Å². The minimum atomic E-state index is -0.470. The van der Waals surface area contributed by atoms with E-state index in [0.29, 0.717) is 17.8 Å². The number of hydrogen-bond donors (Lipinski definition) is 2. The molecule has 0 radical (unpaired) electrons. The Morgan fingerprint density at radius 1 is 0.867 bits per heavy atom. The largest absolute Gasteiger partial charge is 0.370 e. The fourth-order valence-electron chi connectivity index (χ4n) is 6.74. The molecule has 3 fully saturated rings. The van der Waals surface area contributed by atoms with E-state index >= 15 is 0 Å². The molecule has 0 bridgehead atoms. The molecule has 9 heteroatoms. The van der Waals surface area contributed by atoms with Crippen LogP contribution < -0.4 is 16.0 Å². The number of nitro benzene ring substituents is 1. The number of nitro groups is 1. The smallest absolute Gasteiger partial charge is 0.269 e. The zero-order chi connectivity index (χ0) is 31.3. The van der Waals surface area contributed by atoms with E-state index in [-0.39, 0.29) is 35.5 Å². The van der Waals surface area contributed by atoms with E-state index in [0.717, 1.165) is 86.8 Å². The molecule has 0 spiro atoms. The topological polar surface area (TPSA) is 122 Å². The summed E-state index contributed by atoms with van der Waals surface area (Å²) in [6.07, 6.45) is 10.4. The average Bonchev–Trinajstić information content (AvgIpc) is 3.92. The summed E-state index contributed by atoms with van der Waals surface area (Å²) in [5.41, 5.74) is 11.3. The number of nitrogens with one attached hydrogen (secondary N) is 1. The average molecular weight is 610 g/mol. The quantitative estimate of drug-likeness (QED) is 0.201. The number of hydrogen-bond acceptors (Lipinski definition) is 6. The number of carbonyl (C=O) groups excluding carboxylic acids is 2. The molecule has 3 aliphatic rings. The van der Waals surface area contributed by atoms with Crippen molar-refractivity contribution in [1.82, 2.24) is 4.90 Å². The highest BCUT2D eigenvalue weighted by Crippen LogP contribution is 2.36. The number of non-ortho nitro benzene ring substituents is 1. The fraction of sp³-hybridized carbons (Fsp3) is 0.444. The fourth-order valence-corrected chi connectivity index (χ4v) is 6.74. The molecule has 0 unspecified atom stereocenters. The Morgan fingerprint density at radius 2 is 1.56 bits per heavy atom. The van der Waals surface area contributed by atoms with Gasteiger partial charge in [-0.05, 0) is 98.4 Å². The predicted molar refractivity (Wildman–Crippen MR) is 177 cm³/mol. The van der Waals surface area contributed by atoms with Crippen molar-refractivity contribution in [3.63, 3.8) is 0 Å². The van der Waals surface area contributed by atoms with E-state index < -0.39 is 4.92 Å². The van der Waals surface area contributed by atoms with Gasteiger partial charge >= 0.3 is 0 Å². The minimum Gasteiger partial charge on any atom is -0.370 e. The molecule has 0 atom stereocenters. The van der Waals surface area contributed by atoms with Gasteiger partial charge in [-0.2, -0.15) is 0 Å². The Kier molecular flexibility index (Phi) is 9.45. The Labute approximate surface area is 264 Å². The second-order valence-corrected chi connectivity index (χ2v) is 12.9. The van der Waals surface area contributed by atoms with E-state index in [4.69, 9.17) is 5.73 Å². The molecule has 3 N–H and O–H groups in total. The van der Waals surface area contributed by atoms with Crippen LogP contribution >= 0.6 is 0 Å². The van der Waals surface area contributed by atoms with E-state index in [1.165, 1.54) is 37.1 Å². The van der Waals surface area contributed by atoms with Crippen molar-refractivity contribution in [2.75, 3.05) is 23.3 Å². The van der Waals surface area contributed by atoms with Crippen LogP contribution in [0.5, 0.6) is 0 Å². The molecule has 3 aromatic carbocycles. The number of carbonyl (C=O) groups is 2. The molecule has 9 nitrogen and oxygen atoms in total. The SMILES string of the molecule is NC1CCC(N(Cc2cccc(-c3ccc(N4CCCCCC4)c(NC(=O)c4ccc([N+](=O)[O-])cc4)c3)c2)C(=O)C2CC2)CC1. The Morgan fingerprint density at radius 3 is 2.22 bits per heavy atom. The van der Waals surface area contributed by atoms with Crippen molar-refractivity contribution in [1.29, 1.82) is 0 Å². The van der Waals surface area contributed by atoms with Gasteiger partial charge in [0.25, 0.3) is 11.6 Å². The molecule has 1 aliphatic heterocycles. The first-order chi connectivity index (χ1) is 21.9. The van der Waals surface area contributed by atoms with Crippen molar-refractivity contribution in [2.24, 2.45) is 11.7 Å². The van der Waals surface area contributed by atoms with Crippen LogP contribution in [-0.2, 0) is 11.3 Å². The summed E-state index contributed by atoms with van der Waals surface area (Å²) in [6.45, 7) is 2.43. The maximum Gasteiger partial charge on any atom is 0.269 e. The van der Waals surface area contributed by atoms with Gasteiger partial charge in [0.2, 0.25) is 5.91 Å². The molecule has 2 amide bonds. The highest BCUT2D eigenvalue weighted by atomic mass is 16.6. The zero-order valence-corrected chi connectivity index (χ0v) is 25.8. The lowest BCUT2D eigenvalue weighted by atomic mass is 9.90. The molecule has 45 heavy (non-hydrogen) atoms. The predicted octanol–water partition coefficient (Wildman–Crippen LogP) is 6.90. The molecular weight excluding hydrogens is 566 g/mol. The molecule has 3 aromatic rings. The molecule has 236 valence electrons. The Hall–Kier alpha value is -4.24.